The number of rotatable bonds is 5. The first-order valence-electron chi connectivity index (χ1n) is 8.47. The van der Waals surface area contributed by atoms with Crippen LogP contribution < -0.4 is 14.2 Å². The monoisotopic (exact) mass is 402 g/mol. The van der Waals surface area contributed by atoms with Crippen LogP contribution in [0.5, 0.6) is 17.2 Å². The molecule has 0 aliphatic carbocycles. The summed E-state index contributed by atoms with van der Waals surface area (Å²) >= 11 is 0. The Morgan fingerprint density at radius 3 is 2.50 bits per heavy atom. The SMILES string of the molecule is CN(CC(=O)Oc1ccc(C#N)cc1)S(=O)(=O)c1ccc2c(c1)OCCCO2. The van der Waals surface area contributed by atoms with Gasteiger partial charge in [-0.15, -0.1) is 0 Å². The van der Waals surface area contributed by atoms with Crippen LogP contribution in [0.4, 0.5) is 0 Å². The van der Waals surface area contributed by atoms with Crippen molar-refractivity contribution in [2.45, 2.75) is 11.3 Å². The number of nitriles is 1. The molecule has 0 saturated heterocycles. The first-order valence-corrected chi connectivity index (χ1v) is 9.91. The highest BCUT2D eigenvalue weighted by atomic mass is 32.2. The maximum atomic E-state index is 12.8. The lowest BCUT2D eigenvalue weighted by atomic mass is 10.2. The first kappa shape index (κ1) is 19.7. The van der Waals surface area contributed by atoms with E-state index in [0.717, 1.165) is 4.31 Å². The van der Waals surface area contributed by atoms with E-state index in [0.29, 0.717) is 36.7 Å². The molecule has 8 nitrogen and oxygen atoms in total. The van der Waals surface area contributed by atoms with Crippen LogP contribution in [-0.2, 0) is 14.8 Å². The predicted molar refractivity (Wildman–Crippen MR) is 98.7 cm³/mol. The standard InChI is InChI=1S/C19H18N2O6S/c1-21(13-19(22)27-15-5-3-14(12-20)4-6-15)28(23,24)16-7-8-17-18(11-16)26-10-2-9-25-17/h3-8,11H,2,9-10,13H2,1H3. The number of esters is 1. The highest BCUT2D eigenvalue weighted by Gasteiger charge is 2.25. The molecular formula is C19H18N2O6S. The van der Waals surface area contributed by atoms with Crippen LogP contribution in [0.15, 0.2) is 47.4 Å². The lowest BCUT2D eigenvalue weighted by Crippen LogP contribution is -2.34. The Morgan fingerprint density at radius 1 is 1.14 bits per heavy atom. The Labute approximate surface area is 162 Å². The molecule has 0 aromatic heterocycles. The molecule has 2 aromatic rings. The maximum absolute atomic E-state index is 12.8. The summed E-state index contributed by atoms with van der Waals surface area (Å²) < 4.78 is 42.6. The highest BCUT2D eigenvalue weighted by molar-refractivity contribution is 7.89. The molecule has 0 amide bonds. The lowest BCUT2D eigenvalue weighted by Gasteiger charge is -2.17. The van der Waals surface area contributed by atoms with E-state index < -0.39 is 22.5 Å². The number of likely N-dealkylation sites (N-methyl/N-ethyl adjacent to an activating group) is 1. The van der Waals surface area contributed by atoms with Crippen molar-refractivity contribution in [3.8, 4) is 23.3 Å². The minimum atomic E-state index is -3.93. The number of benzene rings is 2. The molecule has 0 fully saturated rings. The molecule has 0 bridgehead atoms. The summed E-state index contributed by atoms with van der Waals surface area (Å²) in [7, 11) is -2.64. The van der Waals surface area contributed by atoms with Gasteiger partial charge in [0.15, 0.2) is 11.5 Å². The average Bonchev–Trinajstić information content (AvgIpc) is 2.93. The van der Waals surface area contributed by atoms with Crippen LogP contribution in [0.2, 0.25) is 0 Å². The zero-order valence-electron chi connectivity index (χ0n) is 15.1. The van der Waals surface area contributed by atoms with Crippen LogP contribution in [0.1, 0.15) is 12.0 Å². The lowest BCUT2D eigenvalue weighted by molar-refractivity contribution is -0.134. The van der Waals surface area contributed by atoms with Crippen molar-refractivity contribution >= 4 is 16.0 Å². The molecule has 0 atom stereocenters. The van der Waals surface area contributed by atoms with E-state index in [9.17, 15) is 13.2 Å². The normalized spacial score (nSPS) is 13.5. The predicted octanol–water partition coefficient (Wildman–Crippen LogP) is 1.95. The van der Waals surface area contributed by atoms with E-state index in [2.05, 4.69) is 0 Å². The maximum Gasteiger partial charge on any atom is 0.326 e. The molecule has 1 aliphatic heterocycles. The van der Waals surface area contributed by atoms with Crippen molar-refractivity contribution in [1.29, 1.82) is 5.26 Å². The van der Waals surface area contributed by atoms with E-state index in [1.165, 1.54) is 49.5 Å². The quantitative estimate of drug-likeness (QED) is 0.556. The number of sulfonamides is 1. The van der Waals surface area contributed by atoms with Crippen molar-refractivity contribution in [1.82, 2.24) is 4.31 Å². The summed E-state index contributed by atoms with van der Waals surface area (Å²) in [5, 5.41) is 8.77. The number of carbonyl (C=O) groups is 1. The molecule has 0 unspecified atom stereocenters. The number of hydrogen-bond donors (Lipinski definition) is 0. The third kappa shape index (κ3) is 4.42. The van der Waals surface area contributed by atoms with Gasteiger partial charge in [0.25, 0.3) is 0 Å². The van der Waals surface area contributed by atoms with Crippen molar-refractivity contribution in [2.75, 3.05) is 26.8 Å². The molecule has 1 heterocycles. The Bertz CT molecular complexity index is 1010. The fourth-order valence-electron chi connectivity index (χ4n) is 2.51. The molecule has 2 aromatic carbocycles. The van der Waals surface area contributed by atoms with Gasteiger partial charge < -0.3 is 14.2 Å². The zero-order chi connectivity index (χ0) is 20.1. The van der Waals surface area contributed by atoms with Gasteiger partial charge >= 0.3 is 5.97 Å². The second-order valence-corrected chi connectivity index (χ2v) is 8.08. The fourth-order valence-corrected chi connectivity index (χ4v) is 3.64. The number of fused-ring (bicyclic) bond motifs is 1. The Balaban J connectivity index is 1.70. The van der Waals surface area contributed by atoms with Gasteiger partial charge in [-0.1, -0.05) is 0 Å². The van der Waals surface area contributed by atoms with Crippen molar-refractivity contribution in [3.63, 3.8) is 0 Å². The number of nitrogens with zero attached hydrogens (tertiary/aromatic N) is 2. The van der Waals surface area contributed by atoms with Gasteiger partial charge in [0.2, 0.25) is 10.0 Å². The van der Waals surface area contributed by atoms with E-state index >= 15 is 0 Å². The molecular weight excluding hydrogens is 384 g/mol. The van der Waals surface area contributed by atoms with E-state index in [-0.39, 0.29) is 10.6 Å². The smallest absolute Gasteiger partial charge is 0.326 e. The number of carbonyl (C=O) groups excluding carboxylic acids is 1. The van der Waals surface area contributed by atoms with Crippen molar-refractivity contribution in [2.24, 2.45) is 0 Å². The summed E-state index contributed by atoms with van der Waals surface area (Å²) in [6.45, 7) is 0.459. The van der Waals surface area contributed by atoms with E-state index in [1.807, 2.05) is 6.07 Å². The first-order chi connectivity index (χ1) is 13.4. The third-order valence-corrected chi connectivity index (χ3v) is 5.79. The zero-order valence-corrected chi connectivity index (χ0v) is 15.9. The van der Waals surface area contributed by atoms with Crippen molar-refractivity contribution < 1.29 is 27.4 Å². The fraction of sp³-hybridized carbons (Fsp3) is 0.263. The topological polar surface area (TPSA) is 106 Å². The Hall–Kier alpha value is -3.09. The summed E-state index contributed by atoms with van der Waals surface area (Å²) in [6.07, 6.45) is 0.706. The van der Waals surface area contributed by atoms with Gasteiger partial charge in [-0.05, 0) is 36.4 Å². The van der Waals surface area contributed by atoms with Crippen molar-refractivity contribution in [3.05, 3.63) is 48.0 Å². The van der Waals surface area contributed by atoms with Crippen LogP contribution >= 0.6 is 0 Å². The average molecular weight is 402 g/mol. The third-order valence-electron chi connectivity index (χ3n) is 3.99. The summed E-state index contributed by atoms with van der Waals surface area (Å²) in [5.74, 6) is 0.321. The van der Waals surface area contributed by atoms with Gasteiger partial charge in [0, 0.05) is 19.5 Å². The van der Waals surface area contributed by atoms with E-state index in [1.54, 1.807) is 0 Å². The number of ether oxygens (including phenoxy) is 3. The van der Waals surface area contributed by atoms with Gasteiger partial charge in [0.05, 0.1) is 29.7 Å². The molecule has 3 rings (SSSR count). The van der Waals surface area contributed by atoms with Crippen LogP contribution in [0.3, 0.4) is 0 Å². The van der Waals surface area contributed by atoms with Gasteiger partial charge in [0.1, 0.15) is 12.3 Å². The van der Waals surface area contributed by atoms with Crippen LogP contribution in [0, 0.1) is 11.3 Å². The van der Waals surface area contributed by atoms with Gasteiger partial charge in [-0.25, -0.2) is 8.42 Å². The second-order valence-electron chi connectivity index (χ2n) is 6.03. The summed E-state index contributed by atoms with van der Waals surface area (Å²) in [5.41, 5.74) is 0.425. The van der Waals surface area contributed by atoms with Gasteiger partial charge in [-0.2, -0.15) is 9.57 Å². The van der Waals surface area contributed by atoms with Crippen LogP contribution in [0.25, 0.3) is 0 Å². The van der Waals surface area contributed by atoms with Gasteiger partial charge in [-0.3, -0.25) is 4.79 Å². The molecule has 0 saturated carbocycles. The largest absolute Gasteiger partial charge is 0.490 e. The molecule has 0 radical (unpaired) electrons. The molecule has 9 heteroatoms. The summed E-state index contributed by atoms with van der Waals surface area (Å²) in [4.78, 5) is 12.1. The Morgan fingerprint density at radius 2 is 1.82 bits per heavy atom. The summed E-state index contributed by atoms with van der Waals surface area (Å²) in [6, 6.07) is 12.2. The highest BCUT2D eigenvalue weighted by Crippen LogP contribution is 2.32. The second kappa shape index (κ2) is 8.29. The minimum Gasteiger partial charge on any atom is -0.490 e. The number of hydrogen-bond acceptors (Lipinski definition) is 7. The molecule has 28 heavy (non-hydrogen) atoms. The molecule has 0 spiro atoms. The molecule has 0 N–H and O–H groups in total. The van der Waals surface area contributed by atoms with Crippen LogP contribution in [-0.4, -0.2) is 45.5 Å². The van der Waals surface area contributed by atoms with E-state index in [4.69, 9.17) is 19.5 Å². The molecule has 146 valence electrons. The minimum absolute atomic E-state index is 0.00887. The Kier molecular flexibility index (Phi) is 5.82. The molecule has 1 aliphatic rings.